The van der Waals surface area contributed by atoms with Crippen molar-refractivity contribution in [2.75, 3.05) is 0 Å². The Bertz CT molecular complexity index is 1690. The lowest BCUT2D eigenvalue weighted by atomic mass is 9.77. The van der Waals surface area contributed by atoms with E-state index in [1.807, 2.05) is 0 Å². The van der Waals surface area contributed by atoms with Crippen LogP contribution in [0.3, 0.4) is 0 Å². The van der Waals surface area contributed by atoms with E-state index < -0.39 is 0 Å². The fraction of sp³-hybridized carbons (Fsp3) is 0.105. The van der Waals surface area contributed by atoms with E-state index >= 15 is 0 Å². The first-order valence-electron chi connectivity index (χ1n) is 13.7. The molecule has 0 bridgehead atoms. The molecule has 0 amide bonds. The molecule has 182 valence electrons. The molecule has 0 heterocycles. The third-order valence-corrected chi connectivity index (χ3v) is 8.19. The van der Waals surface area contributed by atoms with Gasteiger partial charge in [-0.25, -0.2) is 0 Å². The van der Waals surface area contributed by atoms with Crippen molar-refractivity contribution in [3.8, 4) is 11.1 Å². The summed E-state index contributed by atoms with van der Waals surface area (Å²) in [7, 11) is 0. The molecular weight excluding hydrogens is 456 g/mol. The van der Waals surface area contributed by atoms with Gasteiger partial charge in [-0.05, 0) is 67.8 Å². The van der Waals surface area contributed by atoms with Crippen molar-refractivity contribution in [1.82, 2.24) is 0 Å². The van der Waals surface area contributed by atoms with Gasteiger partial charge in [0.1, 0.15) is 0 Å². The minimum absolute atomic E-state index is 0.343. The molecule has 0 heteroatoms. The van der Waals surface area contributed by atoms with Gasteiger partial charge in [0, 0.05) is 11.8 Å². The van der Waals surface area contributed by atoms with Crippen molar-refractivity contribution in [2.24, 2.45) is 0 Å². The molecule has 5 aromatic carbocycles. The van der Waals surface area contributed by atoms with Crippen LogP contribution in [0.2, 0.25) is 0 Å². The van der Waals surface area contributed by atoms with Gasteiger partial charge < -0.3 is 0 Å². The first-order valence-corrected chi connectivity index (χ1v) is 13.7. The fourth-order valence-corrected chi connectivity index (χ4v) is 6.36. The second-order valence-corrected chi connectivity index (χ2v) is 10.4. The SMILES string of the molecule is C1=CCC(c2ccc(-c3c4ccccc4c(C4=CC=CCC4c4ccccc4)c4ccccc34)cc2)C=C1. The molecule has 7 rings (SSSR count). The van der Waals surface area contributed by atoms with Crippen molar-refractivity contribution in [1.29, 1.82) is 0 Å². The average molecular weight is 487 g/mol. The maximum absolute atomic E-state index is 2.34. The van der Waals surface area contributed by atoms with E-state index in [2.05, 4.69) is 146 Å². The fourth-order valence-electron chi connectivity index (χ4n) is 6.36. The minimum atomic E-state index is 0.343. The first kappa shape index (κ1) is 22.8. The van der Waals surface area contributed by atoms with Gasteiger partial charge in [0.25, 0.3) is 0 Å². The van der Waals surface area contributed by atoms with Crippen LogP contribution in [0.4, 0.5) is 0 Å². The van der Waals surface area contributed by atoms with Crippen LogP contribution in [0.1, 0.15) is 41.4 Å². The minimum Gasteiger partial charge on any atom is -0.0836 e. The van der Waals surface area contributed by atoms with E-state index in [0.717, 1.165) is 12.8 Å². The molecule has 2 unspecified atom stereocenters. The maximum Gasteiger partial charge on any atom is 0.0130 e. The van der Waals surface area contributed by atoms with Gasteiger partial charge >= 0.3 is 0 Å². The first-order chi connectivity index (χ1) is 18.9. The standard InChI is InChI=1S/C38H30/c1-3-13-27(14-4-1)28-23-25-30(26-24-28)37-33-19-9-11-21-35(33)38(36-22-12-10-20-34(36)37)32-18-8-7-17-31(32)29-15-5-2-6-16-29/h1-13,15-16,18-27,31H,14,17H2. The lowest BCUT2D eigenvalue weighted by Gasteiger charge is -2.26. The Kier molecular flexibility index (Phi) is 5.87. The van der Waals surface area contributed by atoms with Crippen LogP contribution in [-0.4, -0.2) is 0 Å². The van der Waals surface area contributed by atoms with Crippen LogP contribution in [-0.2, 0) is 0 Å². The van der Waals surface area contributed by atoms with Gasteiger partial charge in [-0.1, -0.05) is 146 Å². The predicted octanol–water partition coefficient (Wildman–Crippen LogP) is 10.4. The Morgan fingerprint density at radius 1 is 0.474 bits per heavy atom. The Hall–Kier alpha value is -4.42. The van der Waals surface area contributed by atoms with E-state index in [1.165, 1.54) is 54.9 Å². The van der Waals surface area contributed by atoms with Crippen LogP contribution in [0, 0.1) is 0 Å². The zero-order chi connectivity index (χ0) is 25.3. The van der Waals surface area contributed by atoms with Crippen molar-refractivity contribution in [3.63, 3.8) is 0 Å². The molecular formula is C38H30. The number of benzene rings is 5. The molecule has 0 aromatic heterocycles. The van der Waals surface area contributed by atoms with E-state index in [0.29, 0.717) is 11.8 Å². The second-order valence-electron chi connectivity index (χ2n) is 10.4. The Labute approximate surface area is 225 Å². The molecule has 0 N–H and O–H groups in total. The molecule has 2 aliphatic carbocycles. The molecule has 0 saturated carbocycles. The summed E-state index contributed by atoms with van der Waals surface area (Å²) in [6, 6.07) is 38.2. The zero-order valence-corrected chi connectivity index (χ0v) is 21.4. The molecule has 38 heavy (non-hydrogen) atoms. The Balaban J connectivity index is 1.45. The summed E-state index contributed by atoms with van der Waals surface area (Å²) >= 11 is 0. The van der Waals surface area contributed by atoms with E-state index in [1.54, 1.807) is 0 Å². The summed E-state index contributed by atoms with van der Waals surface area (Å²) in [6.07, 6.45) is 17.9. The Morgan fingerprint density at radius 2 is 1.08 bits per heavy atom. The van der Waals surface area contributed by atoms with Crippen LogP contribution in [0.15, 0.2) is 146 Å². The molecule has 5 aromatic rings. The molecule has 2 aliphatic rings. The number of hydrogen-bond acceptors (Lipinski definition) is 0. The number of allylic oxidation sites excluding steroid dienone is 8. The molecule has 0 fully saturated rings. The summed E-state index contributed by atoms with van der Waals surface area (Å²) in [5.41, 5.74) is 8.14. The van der Waals surface area contributed by atoms with Crippen molar-refractivity contribution in [3.05, 3.63) is 162 Å². The molecule has 0 aliphatic heterocycles. The van der Waals surface area contributed by atoms with E-state index in [4.69, 9.17) is 0 Å². The van der Waals surface area contributed by atoms with Crippen molar-refractivity contribution >= 4 is 27.1 Å². The normalized spacial score (nSPS) is 18.7. The molecule has 0 spiro atoms. The summed E-state index contributed by atoms with van der Waals surface area (Å²) in [4.78, 5) is 0. The van der Waals surface area contributed by atoms with Gasteiger partial charge in [0.15, 0.2) is 0 Å². The summed E-state index contributed by atoms with van der Waals surface area (Å²) in [6.45, 7) is 0. The van der Waals surface area contributed by atoms with Gasteiger partial charge in [-0.3, -0.25) is 0 Å². The van der Waals surface area contributed by atoms with Gasteiger partial charge in [-0.15, -0.1) is 0 Å². The quantitative estimate of drug-likeness (QED) is 0.222. The number of hydrogen-bond donors (Lipinski definition) is 0. The Morgan fingerprint density at radius 3 is 1.71 bits per heavy atom. The van der Waals surface area contributed by atoms with Gasteiger partial charge in [0.05, 0.1) is 0 Å². The highest BCUT2D eigenvalue weighted by Gasteiger charge is 2.24. The monoisotopic (exact) mass is 486 g/mol. The summed E-state index contributed by atoms with van der Waals surface area (Å²) < 4.78 is 0. The lowest BCUT2D eigenvalue weighted by Crippen LogP contribution is -2.05. The highest BCUT2D eigenvalue weighted by atomic mass is 14.3. The topological polar surface area (TPSA) is 0 Å². The maximum atomic E-state index is 2.34. The predicted molar refractivity (Wildman–Crippen MR) is 163 cm³/mol. The van der Waals surface area contributed by atoms with Gasteiger partial charge in [0.2, 0.25) is 0 Å². The number of rotatable bonds is 4. The third kappa shape index (κ3) is 3.94. The molecule has 0 saturated heterocycles. The van der Waals surface area contributed by atoms with Crippen molar-refractivity contribution in [2.45, 2.75) is 24.7 Å². The smallest absolute Gasteiger partial charge is 0.0130 e. The molecule has 0 radical (unpaired) electrons. The van der Waals surface area contributed by atoms with Gasteiger partial charge in [-0.2, -0.15) is 0 Å². The molecule has 2 atom stereocenters. The van der Waals surface area contributed by atoms with Crippen LogP contribution < -0.4 is 0 Å². The third-order valence-electron chi connectivity index (χ3n) is 8.19. The highest BCUT2D eigenvalue weighted by Crippen LogP contribution is 2.47. The lowest BCUT2D eigenvalue weighted by molar-refractivity contribution is 0.854. The van der Waals surface area contributed by atoms with Crippen LogP contribution >= 0.6 is 0 Å². The second kappa shape index (κ2) is 9.80. The van der Waals surface area contributed by atoms with Crippen LogP contribution in [0.25, 0.3) is 38.2 Å². The molecule has 0 nitrogen and oxygen atoms in total. The highest BCUT2D eigenvalue weighted by molar-refractivity contribution is 6.19. The van der Waals surface area contributed by atoms with Crippen LogP contribution in [0.5, 0.6) is 0 Å². The average Bonchev–Trinajstić information content (AvgIpc) is 3.01. The zero-order valence-electron chi connectivity index (χ0n) is 21.4. The van der Waals surface area contributed by atoms with Crippen molar-refractivity contribution < 1.29 is 0 Å². The van der Waals surface area contributed by atoms with E-state index in [9.17, 15) is 0 Å². The van der Waals surface area contributed by atoms with E-state index in [-0.39, 0.29) is 0 Å². The largest absolute Gasteiger partial charge is 0.0836 e. The summed E-state index contributed by atoms with van der Waals surface area (Å²) in [5, 5.41) is 5.29. The summed E-state index contributed by atoms with van der Waals surface area (Å²) in [5.74, 6) is 0.807. The number of fused-ring (bicyclic) bond motifs is 2.